The van der Waals surface area contributed by atoms with Crippen molar-refractivity contribution in [3.05, 3.63) is 127 Å². The number of aliphatic hydroxyl groups excluding tert-OH is 1. The number of benzene rings is 1. The molecule has 0 saturated carbocycles. The van der Waals surface area contributed by atoms with Gasteiger partial charge in [0.15, 0.2) is 5.82 Å². The molecule has 0 atom stereocenters. The third kappa shape index (κ3) is 9.46. The predicted molar refractivity (Wildman–Crippen MR) is 225 cm³/mol. The Kier molecular flexibility index (Phi) is 13.2. The van der Waals surface area contributed by atoms with Gasteiger partial charge in [-0.3, -0.25) is 9.78 Å². The number of rotatable bonds is 8. The number of aliphatic hydroxyl groups is 1. The highest BCUT2D eigenvalue weighted by Crippen LogP contribution is 2.38. The average molecular weight is 854 g/mol. The van der Waals surface area contributed by atoms with Crippen LogP contribution in [0.3, 0.4) is 0 Å². The van der Waals surface area contributed by atoms with Gasteiger partial charge in [0.25, 0.3) is 0 Å². The van der Waals surface area contributed by atoms with Gasteiger partial charge in [-0.15, -0.1) is 0 Å². The van der Waals surface area contributed by atoms with Crippen molar-refractivity contribution in [2.24, 2.45) is 0 Å². The molecule has 0 unspecified atom stereocenters. The molecule has 1 saturated heterocycles. The SMILES string of the molecule is C1CCNCC1.CC(C)(CO)n1cc(-c2cc(Sc3ccccc3C#N)c3c(C#N)cnn3c2)cn1.N#Cc1cnn2cc(-c3cn[nH]c3F)cc(Sc3ncccc3F)c12. The molecule has 0 amide bonds. The summed E-state index contributed by atoms with van der Waals surface area (Å²) in [4.78, 5) is 6.17. The number of halogens is 2. The van der Waals surface area contributed by atoms with Crippen LogP contribution in [-0.2, 0) is 5.54 Å². The summed E-state index contributed by atoms with van der Waals surface area (Å²) in [6, 6.07) is 20.2. The van der Waals surface area contributed by atoms with Crippen LogP contribution in [0.15, 0.2) is 118 Å². The second kappa shape index (κ2) is 19.0. The summed E-state index contributed by atoms with van der Waals surface area (Å²) in [5.74, 6) is -1.07. The first-order chi connectivity index (χ1) is 29.6. The number of hydrogen-bond donors (Lipinski definition) is 3. The number of pyridine rings is 3. The maximum absolute atomic E-state index is 14.0. The molecular formula is C43H37F2N13OS2. The standard InChI is InChI=1S/C22H18N6OS.C16H8F2N6S.C5H11N/c1-22(2,14-29)28-13-18(11-26-28)16-7-20(21-17(9-24)10-25-27(21)12-16)30-19-6-4-3-5-15(19)8-23;17-12-2-1-3-20-16(12)25-13-4-9(11-7-21-23-15(11)18)8-24-14(13)10(5-19)6-22-24;1-2-4-6-5-3-1/h3-7,10-13,29H,14H2,1-2H3;1-4,6-8H,(H,21,23);6H,1-5H2. The Morgan fingerprint density at radius 3 is 1.98 bits per heavy atom. The van der Waals surface area contributed by atoms with Gasteiger partial charge in [0, 0.05) is 56.2 Å². The van der Waals surface area contributed by atoms with Crippen molar-refractivity contribution in [3.8, 4) is 40.5 Å². The maximum Gasteiger partial charge on any atom is 0.216 e. The highest BCUT2D eigenvalue weighted by Gasteiger charge is 2.22. The van der Waals surface area contributed by atoms with E-state index in [1.54, 1.807) is 33.7 Å². The van der Waals surface area contributed by atoms with Gasteiger partial charge in [-0.2, -0.15) is 40.6 Å². The van der Waals surface area contributed by atoms with Gasteiger partial charge in [-0.25, -0.2) is 18.4 Å². The molecule has 0 bridgehead atoms. The molecular weight excluding hydrogens is 817 g/mol. The minimum absolute atomic E-state index is 0.0378. The third-order valence-electron chi connectivity index (χ3n) is 9.59. The zero-order valence-corrected chi connectivity index (χ0v) is 34.6. The molecule has 14 nitrogen and oxygen atoms in total. The van der Waals surface area contributed by atoms with Crippen molar-refractivity contribution in [2.45, 2.75) is 58.4 Å². The quantitative estimate of drug-likeness (QED) is 0.133. The van der Waals surface area contributed by atoms with E-state index in [1.165, 1.54) is 85.5 Å². The van der Waals surface area contributed by atoms with E-state index in [2.05, 4.69) is 54.0 Å². The van der Waals surface area contributed by atoms with Crippen LogP contribution in [0.2, 0.25) is 0 Å². The number of H-pyrrole nitrogens is 1. The Morgan fingerprint density at radius 2 is 1.39 bits per heavy atom. The number of aromatic amines is 1. The van der Waals surface area contributed by atoms with Crippen molar-refractivity contribution in [1.82, 2.24) is 49.5 Å². The van der Waals surface area contributed by atoms with E-state index in [4.69, 9.17) is 0 Å². The highest BCUT2D eigenvalue weighted by atomic mass is 32.2. The molecule has 9 rings (SSSR count). The monoisotopic (exact) mass is 853 g/mol. The lowest BCUT2D eigenvalue weighted by atomic mass is 10.1. The lowest BCUT2D eigenvalue weighted by molar-refractivity contribution is 0.152. The lowest BCUT2D eigenvalue weighted by Gasteiger charge is -2.22. The molecule has 1 aliphatic rings. The van der Waals surface area contributed by atoms with Gasteiger partial charge in [0.2, 0.25) is 5.95 Å². The first-order valence-corrected chi connectivity index (χ1v) is 20.6. The summed E-state index contributed by atoms with van der Waals surface area (Å²) < 4.78 is 32.7. The molecule has 61 heavy (non-hydrogen) atoms. The smallest absolute Gasteiger partial charge is 0.216 e. The van der Waals surface area contributed by atoms with Crippen LogP contribution in [0, 0.1) is 45.8 Å². The van der Waals surface area contributed by atoms with Crippen LogP contribution in [0.5, 0.6) is 0 Å². The molecule has 1 aromatic carbocycles. The van der Waals surface area contributed by atoms with Gasteiger partial charge < -0.3 is 10.4 Å². The number of nitrogens with zero attached hydrogens (tertiary/aromatic N) is 11. The second-order valence-corrected chi connectivity index (χ2v) is 16.4. The van der Waals surface area contributed by atoms with Crippen molar-refractivity contribution >= 4 is 34.6 Å². The third-order valence-corrected chi connectivity index (χ3v) is 11.7. The number of nitrogens with one attached hydrogen (secondary N) is 2. The summed E-state index contributed by atoms with van der Waals surface area (Å²) in [5, 5.41) is 60.1. The number of aromatic nitrogens is 9. The van der Waals surface area contributed by atoms with E-state index in [0.717, 1.165) is 32.7 Å². The van der Waals surface area contributed by atoms with Gasteiger partial charge in [0.05, 0.1) is 70.2 Å². The minimum atomic E-state index is -0.591. The molecule has 3 N–H and O–H groups in total. The summed E-state index contributed by atoms with van der Waals surface area (Å²) in [6.07, 6.45) is 17.0. The first-order valence-electron chi connectivity index (χ1n) is 19.0. The molecule has 0 spiro atoms. The largest absolute Gasteiger partial charge is 0.394 e. The summed E-state index contributed by atoms with van der Waals surface area (Å²) in [6.45, 7) is 6.27. The highest BCUT2D eigenvalue weighted by molar-refractivity contribution is 7.99. The van der Waals surface area contributed by atoms with Crippen LogP contribution in [-0.4, -0.2) is 69.0 Å². The molecule has 0 aliphatic carbocycles. The van der Waals surface area contributed by atoms with Crippen molar-refractivity contribution in [1.29, 1.82) is 15.8 Å². The fourth-order valence-corrected chi connectivity index (χ4v) is 8.33. The van der Waals surface area contributed by atoms with E-state index < -0.39 is 17.3 Å². The normalized spacial score (nSPS) is 12.4. The number of nitriles is 3. The molecule has 8 heterocycles. The fourth-order valence-electron chi connectivity index (χ4n) is 6.26. The molecule has 306 valence electrons. The van der Waals surface area contributed by atoms with Crippen LogP contribution in [0.1, 0.15) is 49.8 Å². The van der Waals surface area contributed by atoms with E-state index in [0.29, 0.717) is 38.2 Å². The number of piperidine rings is 1. The predicted octanol–water partition coefficient (Wildman–Crippen LogP) is 8.00. The van der Waals surface area contributed by atoms with Crippen molar-refractivity contribution in [2.75, 3.05) is 19.7 Å². The van der Waals surface area contributed by atoms with E-state index in [-0.39, 0.29) is 17.2 Å². The van der Waals surface area contributed by atoms with Gasteiger partial charge in [0.1, 0.15) is 23.2 Å². The molecule has 1 fully saturated rings. The van der Waals surface area contributed by atoms with Gasteiger partial charge >= 0.3 is 0 Å². The Balaban J connectivity index is 0.000000163. The molecule has 7 aromatic heterocycles. The first kappa shape index (κ1) is 42.3. The van der Waals surface area contributed by atoms with Gasteiger partial charge in [-0.05, 0) is 76.2 Å². The average Bonchev–Trinajstić information content (AvgIpc) is 4.12. The van der Waals surface area contributed by atoms with E-state index >= 15 is 0 Å². The fraction of sp³-hybridized carbons (Fsp3) is 0.209. The van der Waals surface area contributed by atoms with Crippen LogP contribution in [0.25, 0.3) is 33.3 Å². The van der Waals surface area contributed by atoms with E-state index in [1.807, 2.05) is 50.5 Å². The molecule has 0 radical (unpaired) electrons. The van der Waals surface area contributed by atoms with E-state index in [9.17, 15) is 29.7 Å². The summed E-state index contributed by atoms with van der Waals surface area (Å²) in [7, 11) is 0. The maximum atomic E-state index is 14.0. The Labute approximate surface area is 357 Å². The second-order valence-electron chi connectivity index (χ2n) is 14.3. The lowest BCUT2D eigenvalue weighted by Crippen LogP contribution is -2.30. The van der Waals surface area contributed by atoms with Crippen LogP contribution in [0.4, 0.5) is 8.78 Å². The Morgan fingerprint density at radius 1 is 0.738 bits per heavy atom. The number of fused-ring (bicyclic) bond motifs is 2. The Hall–Kier alpha value is -6.88. The zero-order chi connectivity index (χ0) is 42.9. The summed E-state index contributed by atoms with van der Waals surface area (Å²) in [5.41, 5.74) is 4.52. The molecule has 8 aromatic rings. The van der Waals surface area contributed by atoms with Crippen molar-refractivity contribution in [3.63, 3.8) is 0 Å². The molecule has 18 heteroatoms. The number of hydrogen-bond acceptors (Lipinski definition) is 12. The topological polar surface area (TPSA) is 198 Å². The van der Waals surface area contributed by atoms with Crippen LogP contribution >= 0.6 is 23.5 Å². The minimum Gasteiger partial charge on any atom is -0.394 e. The zero-order valence-electron chi connectivity index (χ0n) is 32.9. The van der Waals surface area contributed by atoms with Crippen LogP contribution < -0.4 is 5.32 Å². The van der Waals surface area contributed by atoms with Gasteiger partial charge in [-0.1, -0.05) is 42.1 Å². The molecule has 1 aliphatic heterocycles. The van der Waals surface area contributed by atoms with Crippen molar-refractivity contribution < 1.29 is 13.9 Å². The summed E-state index contributed by atoms with van der Waals surface area (Å²) >= 11 is 2.47. The Bertz CT molecular complexity index is 2930.